The van der Waals surface area contributed by atoms with Gasteiger partial charge in [-0.25, -0.2) is 8.78 Å². The molecule has 0 unspecified atom stereocenters. The van der Waals surface area contributed by atoms with E-state index in [1.54, 1.807) is 6.92 Å². The van der Waals surface area contributed by atoms with Crippen LogP contribution < -0.4 is 5.73 Å². The topological polar surface area (TPSA) is 55.6 Å². The molecule has 1 aromatic rings. The molecule has 2 rings (SSSR count). The molecule has 0 atom stereocenters. The van der Waals surface area contributed by atoms with E-state index in [4.69, 9.17) is 10.5 Å². The third-order valence-electron chi connectivity index (χ3n) is 4.37. The third-order valence-corrected chi connectivity index (χ3v) is 4.37. The molecular weight excluding hydrogens is 326 g/mol. The van der Waals surface area contributed by atoms with Crippen LogP contribution in [0.15, 0.2) is 18.2 Å². The standard InChI is InChI=1S/C16H22F2N2O2.ClH/c1-2-20(10-12-13(17)4-3-5-14(12)18)15(21)16(11-19)6-8-22-9-7-16;/h3-5H,2,6-11,19H2,1H3;1H. The summed E-state index contributed by atoms with van der Waals surface area (Å²) in [7, 11) is 0. The summed E-state index contributed by atoms with van der Waals surface area (Å²) >= 11 is 0. The molecule has 1 aliphatic rings. The van der Waals surface area contributed by atoms with Crippen LogP contribution in [-0.2, 0) is 16.1 Å². The molecule has 0 spiro atoms. The largest absolute Gasteiger partial charge is 0.381 e. The van der Waals surface area contributed by atoms with Crippen LogP contribution in [0.4, 0.5) is 8.78 Å². The van der Waals surface area contributed by atoms with Crippen molar-refractivity contribution in [2.45, 2.75) is 26.3 Å². The summed E-state index contributed by atoms with van der Waals surface area (Å²) in [5.74, 6) is -1.43. The number of rotatable bonds is 5. The van der Waals surface area contributed by atoms with Crippen molar-refractivity contribution in [3.63, 3.8) is 0 Å². The minimum atomic E-state index is -0.685. The lowest BCUT2D eigenvalue weighted by Crippen LogP contribution is -2.50. The summed E-state index contributed by atoms with van der Waals surface area (Å²) in [6.07, 6.45) is 1.08. The molecule has 7 heteroatoms. The average molecular weight is 349 g/mol. The maximum absolute atomic E-state index is 13.8. The highest BCUT2D eigenvalue weighted by Crippen LogP contribution is 2.32. The Hall–Kier alpha value is -1.24. The van der Waals surface area contributed by atoms with E-state index in [2.05, 4.69) is 0 Å². The average Bonchev–Trinajstić information content (AvgIpc) is 2.55. The number of nitrogens with zero attached hydrogens (tertiary/aromatic N) is 1. The van der Waals surface area contributed by atoms with Crippen molar-refractivity contribution in [3.8, 4) is 0 Å². The van der Waals surface area contributed by atoms with Crippen LogP contribution in [-0.4, -0.2) is 37.1 Å². The van der Waals surface area contributed by atoms with Crippen LogP contribution in [0.25, 0.3) is 0 Å². The van der Waals surface area contributed by atoms with Gasteiger partial charge in [-0.3, -0.25) is 4.79 Å². The number of ether oxygens (including phenoxy) is 1. The van der Waals surface area contributed by atoms with Gasteiger partial charge in [0.05, 0.1) is 12.0 Å². The summed E-state index contributed by atoms with van der Waals surface area (Å²) in [6.45, 7) is 3.25. The fourth-order valence-electron chi connectivity index (χ4n) is 2.80. The summed E-state index contributed by atoms with van der Waals surface area (Å²) in [6, 6.07) is 3.71. The Balaban J connectivity index is 0.00000264. The van der Waals surface area contributed by atoms with Gasteiger partial charge in [0.1, 0.15) is 11.6 Å². The first-order valence-corrected chi connectivity index (χ1v) is 7.54. The lowest BCUT2D eigenvalue weighted by atomic mass is 9.78. The highest BCUT2D eigenvalue weighted by molar-refractivity contribution is 5.85. The Bertz CT molecular complexity index is 517. The molecule has 4 nitrogen and oxygen atoms in total. The van der Waals surface area contributed by atoms with Crippen LogP contribution >= 0.6 is 12.4 Å². The Morgan fingerprint density at radius 2 is 1.87 bits per heavy atom. The lowest BCUT2D eigenvalue weighted by Gasteiger charge is -2.38. The second kappa shape index (κ2) is 8.57. The molecule has 130 valence electrons. The van der Waals surface area contributed by atoms with Gasteiger partial charge in [0, 0.05) is 31.9 Å². The van der Waals surface area contributed by atoms with Gasteiger partial charge in [-0.15, -0.1) is 12.4 Å². The van der Waals surface area contributed by atoms with E-state index in [9.17, 15) is 13.6 Å². The Morgan fingerprint density at radius 1 is 1.30 bits per heavy atom. The summed E-state index contributed by atoms with van der Waals surface area (Å²) < 4.78 is 32.9. The summed E-state index contributed by atoms with van der Waals surface area (Å²) in [4.78, 5) is 14.3. The van der Waals surface area contributed by atoms with Crippen molar-refractivity contribution in [1.82, 2.24) is 4.90 Å². The SMILES string of the molecule is CCN(Cc1c(F)cccc1F)C(=O)C1(CN)CCOCC1.Cl. The molecule has 0 bridgehead atoms. The minimum absolute atomic E-state index is 0. The van der Waals surface area contributed by atoms with E-state index in [1.807, 2.05) is 0 Å². The van der Waals surface area contributed by atoms with E-state index in [-0.39, 0.29) is 37.0 Å². The quantitative estimate of drug-likeness (QED) is 0.889. The van der Waals surface area contributed by atoms with Crippen LogP contribution in [0.2, 0.25) is 0 Å². The normalized spacial score (nSPS) is 16.5. The number of carbonyl (C=O) groups is 1. The van der Waals surface area contributed by atoms with Gasteiger partial charge in [-0.05, 0) is 31.9 Å². The van der Waals surface area contributed by atoms with E-state index >= 15 is 0 Å². The van der Waals surface area contributed by atoms with Crippen molar-refractivity contribution >= 4 is 18.3 Å². The van der Waals surface area contributed by atoms with Crippen LogP contribution in [0, 0.1) is 17.0 Å². The molecule has 1 fully saturated rings. The fraction of sp³-hybridized carbons (Fsp3) is 0.562. The first kappa shape index (κ1) is 19.8. The van der Waals surface area contributed by atoms with Crippen molar-refractivity contribution in [2.24, 2.45) is 11.1 Å². The Kier molecular flexibility index (Phi) is 7.38. The highest BCUT2D eigenvalue weighted by atomic mass is 35.5. The summed E-state index contributed by atoms with van der Waals surface area (Å²) in [5, 5.41) is 0. The molecule has 1 saturated heterocycles. The molecule has 2 N–H and O–H groups in total. The number of hydrogen-bond donors (Lipinski definition) is 1. The zero-order chi connectivity index (χ0) is 16.2. The molecule has 0 aliphatic carbocycles. The van der Waals surface area contributed by atoms with Gasteiger partial charge < -0.3 is 15.4 Å². The maximum atomic E-state index is 13.8. The van der Waals surface area contributed by atoms with Crippen molar-refractivity contribution in [3.05, 3.63) is 35.4 Å². The third kappa shape index (κ3) is 4.19. The van der Waals surface area contributed by atoms with E-state index in [0.29, 0.717) is 32.6 Å². The first-order chi connectivity index (χ1) is 10.5. The van der Waals surface area contributed by atoms with Crippen molar-refractivity contribution in [2.75, 3.05) is 26.3 Å². The number of carbonyl (C=O) groups excluding carboxylic acids is 1. The van der Waals surface area contributed by atoms with E-state index in [0.717, 1.165) is 0 Å². The number of amides is 1. The summed E-state index contributed by atoms with van der Waals surface area (Å²) in [5.41, 5.74) is 5.06. The zero-order valence-corrected chi connectivity index (χ0v) is 14.0. The zero-order valence-electron chi connectivity index (χ0n) is 13.2. The van der Waals surface area contributed by atoms with Gasteiger partial charge in [0.2, 0.25) is 5.91 Å². The van der Waals surface area contributed by atoms with Crippen molar-refractivity contribution in [1.29, 1.82) is 0 Å². The van der Waals surface area contributed by atoms with Gasteiger partial charge in [-0.1, -0.05) is 6.07 Å². The van der Waals surface area contributed by atoms with E-state index in [1.165, 1.54) is 23.1 Å². The van der Waals surface area contributed by atoms with Crippen LogP contribution in [0.3, 0.4) is 0 Å². The fourth-order valence-corrected chi connectivity index (χ4v) is 2.80. The number of nitrogens with two attached hydrogens (primary N) is 1. The first-order valence-electron chi connectivity index (χ1n) is 7.54. The highest BCUT2D eigenvalue weighted by Gasteiger charge is 2.41. The molecule has 0 aromatic heterocycles. The van der Waals surface area contributed by atoms with E-state index < -0.39 is 17.0 Å². The molecule has 1 aliphatic heterocycles. The Labute approximate surface area is 141 Å². The second-order valence-electron chi connectivity index (χ2n) is 5.62. The molecule has 0 radical (unpaired) electrons. The minimum Gasteiger partial charge on any atom is -0.381 e. The van der Waals surface area contributed by atoms with Gasteiger partial charge in [0.25, 0.3) is 0 Å². The molecule has 0 saturated carbocycles. The molecule has 23 heavy (non-hydrogen) atoms. The predicted molar refractivity (Wildman–Crippen MR) is 86.2 cm³/mol. The maximum Gasteiger partial charge on any atom is 0.230 e. The van der Waals surface area contributed by atoms with Crippen LogP contribution in [0.1, 0.15) is 25.3 Å². The Morgan fingerprint density at radius 3 is 2.35 bits per heavy atom. The molecule has 1 heterocycles. The van der Waals surface area contributed by atoms with Crippen LogP contribution in [0.5, 0.6) is 0 Å². The monoisotopic (exact) mass is 348 g/mol. The van der Waals surface area contributed by atoms with Gasteiger partial charge in [-0.2, -0.15) is 0 Å². The molecular formula is C16H23ClF2N2O2. The van der Waals surface area contributed by atoms with Gasteiger partial charge in [0.15, 0.2) is 0 Å². The smallest absolute Gasteiger partial charge is 0.230 e. The van der Waals surface area contributed by atoms with Gasteiger partial charge >= 0.3 is 0 Å². The number of hydrogen-bond acceptors (Lipinski definition) is 3. The number of halogens is 3. The predicted octanol–water partition coefficient (Wildman–Crippen LogP) is 2.49. The second-order valence-corrected chi connectivity index (χ2v) is 5.62. The molecule has 1 amide bonds. The molecule has 1 aromatic carbocycles. The number of benzene rings is 1. The van der Waals surface area contributed by atoms with Crippen molar-refractivity contribution < 1.29 is 18.3 Å². The lowest BCUT2D eigenvalue weighted by molar-refractivity contribution is -0.147.